The Morgan fingerprint density at radius 1 is 1.55 bits per heavy atom. The molecule has 20 heavy (non-hydrogen) atoms. The fourth-order valence-electron chi connectivity index (χ4n) is 2.11. The number of aliphatic imine (C=N–C) groups is 1. The van der Waals surface area contributed by atoms with Crippen LogP contribution in [0.4, 0.5) is 0 Å². The number of halogens is 1. The smallest absolute Gasteiger partial charge is 0.191 e. The monoisotopic (exact) mass is 392 g/mol. The van der Waals surface area contributed by atoms with E-state index in [9.17, 15) is 0 Å². The lowest BCUT2D eigenvalue weighted by Gasteiger charge is -2.23. The van der Waals surface area contributed by atoms with Crippen LogP contribution in [0.2, 0.25) is 0 Å². The molecule has 5 nitrogen and oxygen atoms in total. The van der Waals surface area contributed by atoms with E-state index in [1.807, 2.05) is 26.2 Å². The quantitative estimate of drug-likeness (QED) is 0.458. The summed E-state index contributed by atoms with van der Waals surface area (Å²) in [6.07, 6.45) is 2.95. The van der Waals surface area contributed by atoms with Gasteiger partial charge >= 0.3 is 0 Å². The van der Waals surface area contributed by atoms with E-state index in [1.54, 1.807) is 13.3 Å². The Bertz CT molecular complexity index is 419. The molecule has 2 rings (SSSR count). The molecule has 1 heterocycles. The molecule has 3 atom stereocenters. The van der Waals surface area contributed by atoms with E-state index in [0.29, 0.717) is 6.04 Å². The van der Waals surface area contributed by atoms with Gasteiger partial charge in [0, 0.05) is 19.6 Å². The van der Waals surface area contributed by atoms with Gasteiger partial charge in [-0.1, -0.05) is 6.92 Å². The van der Waals surface area contributed by atoms with Crippen molar-refractivity contribution in [2.24, 2.45) is 10.9 Å². The van der Waals surface area contributed by atoms with Gasteiger partial charge in [-0.25, -0.2) is 0 Å². The first-order chi connectivity index (χ1) is 9.11. The largest absolute Gasteiger partial charge is 0.468 e. The first-order valence-corrected chi connectivity index (χ1v) is 6.78. The fourth-order valence-corrected chi connectivity index (χ4v) is 2.11. The summed E-state index contributed by atoms with van der Waals surface area (Å²) in [5.74, 6) is 2.59. The molecule has 0 bridgehead atoms. The molecule has 0 saturated heterocycles. The summed E-state index contributed by atoms with van der Waals surface area (Å²) >= 11 is 0. The van der Waals surface area contributed by atoms with Gasteiger partial charge in [0.25, 0.3) is 0 Å². The van der Waals surface area contributed by atoms with E-state index >= 15 is 0 Å². The number of furan rings is 1. The Morgan fingerprint density at radius 3 is 2.70 bits per heavy atom. The van der Waals surface area contributed by atoms with Crippen LogP contribution in [0.15, 0.2) is 27.8 Å². The van der Waals surface area contributed by atoms with E-state index in [4.69, 9.17) is 4.42 Å². The van der Waals surface area contributed by atoms with Crippen molar-refractivity contribution in [3.05, 3.63) is 24.2 Å². The number of hydrogen-bond donors (Lipinski definition) is 2. The molecule has 3 unspecified atom stereocenters. The molecule has 1 aliphatic rings. The van der Waals surface area contributed by atoms with Crippen LogP contribution in [0.3, 0.4) is 0 Å². The molecule has 0 aromatic carbocycles. The van der Waals surface area contributed by atoms with Crippen molar-refractivity contribution in [3.63, 3.8) is 0 Å². The molecule has 1 aliphatic carbocycles. The van der Waals surface area contributed by atoms with E-state index in [1.165, 1.54) is 6.42 Å². The summed E-state index contributed by atoms with van der Waals surface area (Å²) in [5.41, 5.74) is 0. The third-order valence-corrected chi connectivity index (χ3v) is 3.61. The minimum atomic E-state index is 0. The number of nitrogens with zero attached hydrogens (tertiary/aromatic N) is 2. The van der Waals surface area contributed by atoms with Gasteiger partial charge in [0.15, 0.2) is 5.96 Å². The van der Waals surface area contributed by atoms with Crippen molar-refractivity contribution in [1.82, 2.24) is 15.5 Å². The molecule has 0 aliphatic heterocycles. The molecule has 6 heteroatoms. The second-order valence-corrected chi connectivity index (χ2v) is 5.41. The molecular formula is C14H25IN4O. The van der Waals surface area contributed by atoms with Crippen LogP contribution in [0, 0.1) is 5.92 Å². The third-order valence-electron chi connectivity index (χ3n) is 3.61. The second-order valence-electron chi connectivity index (χ2n) is 5.41. The van der Waals surface area contributed by atoms with E-state index in [0.717, 1.165) is 24.2 Å². The Kier molecular flexibility index (Phi) is 6.81. The van der Waals surface area contributed by atoms with Crippen LogP contribution in [-0.2, 0) is 0 Å². The van der Waals surface area contributed by atoms with Gasteiger partial charge in [-0.15, -0.1) is 24.0 Å². The zero-order chi connectivity index (χ0) is 13.8. The molecule has 2 N–H and O–H groups in total. The van der Waals surface area contributed by atoms with E-state index in [-0.39, 0.29) is 30.0 Å². The van der Waals surface area contributed by atoms with Gasteiger partial charge in [-0.05, 0) is 38.6 Å². The molecule has 0 spiro atoms. The maximum absolute atomic E-state index is 5.49. The van der Waals surface area contributed by atoms with Crippen LogP contribution in [-0.4, -0.2) is 44.6 Å². The highest BCUT2D eigenvalue weighted by molar-refractivity contribution is 14.0. The van der Waals surface area contributed by atoms with Gasteiger partial charge < -0.3 is 15.1 Å². The molecule has 1 fully saturated rings. The second kappa shape index (κ2) is 7.87. The van der Waals surface area contributed by atoms with Crippen molar-refractivity contribution in [2.75, 3.05) is 27.7 Å². The Labute approximate surface area is 138 Å². The first-order valence-electron chi connectivity index (χ1n) is 6.78. The van der Waals surface area contributed by atoms with Gasteiger partial charge in [0.05, 0.1) is 12.3 Å². The summed E-state index contributed by atoms with van der Waals surface area (Å²) in [4.78, 5) is 6.40. The molecular weight excluding hydrogens is 367 g/mol. The van der Waals surface area contributed by atoms with Gasteiger partial charge in [0.2, 0.25) is 0 Å². The van der Waals surface area contributed by atoms with Gasteiger partial charge in [-0.3, -0.25) is 9.89 Å². The van der Waals surface area contributed by atoms with Crippen LogP contribution in [0.25, 0.3) is 0 Å². The number of nitrogens with one attached hydrogen (secondary N) is 2. The van der Waals surface area contributed by atoms with Crippen molar-refractivity contribution >= 4 is 29.9 Å². The van der Waals surface area contributed by atoms with Gasteiger partial charge in [-0.2, -0.15) is 0 Å². The standard InChI is InChI=1S/C14H24N4O.HI/c1-10-8-11(10)17-14(15-2)16-9-12(18(3)4)13-6-5-7-19-13;/h5-7,10-12H,8-9H2,1-4H3,(H2,15,16,17);1H. The maximum atomic E-state index is 5.49. The predicted octanol–water partition coefficient (Wildman–Crippen LogP) is 2.07. The third kappa shape index (κ3) is 4.66. The lowest BCUT2D eigenvalue weighted by Crippen LogP contribution is -2.42. The van der Waals surface area contributed by atoms with Crippen LogP contribution in [0.1, 0.15) is 25.1 Å². The highest BCUT2D eigenvalue weighted by atomic mass is 127. The van der Waals surface area contributed by atoms with E-state index in [2.05, 4.69) is 27.4 Å². The average Bonchev–Trinajstić information content (AvgIpc) is 2.86. The topological polar surface area (TPSA) is 52.8 Å². The highest BCUT2D eigenvalue weighted by Crippen LogP contribution is 2.28. The lowest BCUT2D eigenvalue weighted by molar-refractivity contribution is 0.258. The summed E-state index contributed by atoms with van der Waals surface area (Å²) in [6.45, 7) is 3.01. The summed E-state index contributed by atoms with van der Waals surface area (Å²) < 4.78 is 5.49. The fraction of sp³-hybridized carbons (Fsp3) is 0.643. The van der Waals surface area contributed by atoms with Crippen LogP contribution >= 0.6 is 24.0 Å². The van der Waals surface area contributed by atoms with Crippen molar-refractivity contribution in [2.45, 2.75) is 25.4 Å². The summed E-state index contributed by atoms with van der Waals surface area (Å²) in [7, 11) is 5.90. The predicted molar refractivity (Wildman–Crippen MR) is 92.6 cm³/mol. The minimum absolute atomic E-state index is 0. The molecule has 114 valence electrons. The average molecular weight is 392 g/mol. The molecule has 0 radical (unpaired) electrons. The van der Waals surface area contributed by atoms with Gasteiger partial charge in [0.1, 0.15) is 5.76 Å². The normalized spacial score (nSPS) is 23.1. The number of guanidine groups is 1. The molecule has 1 saturated carbocycles. The Balaban J connectivity index is 0.00000200. The number of hydrogen-bond acceptors (Lipinski definition) is 3. The molecule has 1 aromatic rings. The zero-order valence-electron chi connectivity index (χ0n) is 12.6. The number of rotatable bonds is 5. The van der Waals surface area contributed by atoms with Crippen LogP contribution in [0.5, 0.6) is 0 Å². The zero-order valence-corrected chi connectivity index (χ0v) is 14.9. The van der Waals surface area contributed by atoms with Crippen molar-refractivity contribution in [1.29, 1.82) is 0 Å². The number of likely N-dealkylation sites (N-methyl/N-ethyl adjacent to an activating group) is 1. The summed E-state index contributed by atoms with van der Waals surface area (Å²) in [5, 5.41) is 6.79. The Hall–Kier alpha value is -0.760. The highest BCUT2D eigenvalue weighted by Gasteiger charge is 2.33. The summed E-state index contributed by atoms with van der Waals surface area (Å²) in [6, 6.07) is 4.70. The SMILES string of the molecule is CN=C(NCC(c1ccco1)N(C)C)NC1CC1C.I. The Morgan fingerprint density at radius 2 is 2.25 bits per heavy atom. The lowest BCUT2D eigenvalue weighted by atomic mass is 10.2. The minimum Gasteiger partial charge on any atom is -0.468 e. The first kappa shape index (κ1) is 17.3. The molecule has 1 aromatic heterocycles. The van der Waals surface area contributed by atoms with Crippen LogP contribution < -0.4 is 10.6 Å². The van der Waals surface area contributed by atoms with Crippen molar-refractivity contribution in [3.8, 4) is 0 Å². The van der Waals surface area contributed by atoms with E-state index < -0.39 is 0 Å². The maximum Gasteiger partial charge on any atom is 0.191 e. The molecule has 0 amide bonds. The van der Waals surface area contributed by atoms with Crippen molar-refractivity contribution < 1.29 is 4.42 Å².